The van der Waals surface area contributed by atoms with Crippen LogP contribution in [0.4, 0.5) is 5.00 Å². The number of sulfonamides is 1. The van der Waals surface area contributed by atoms with Crippen LogP contribution in [0.5, 0.6) is 0 Å². The number of aryl methyl sites for hydroxylation is 1. The number of H-pyrrole nitrogens is 1. The number of esters is 1. The first-order chi connectivity index (χ1) is 9.86. The van der Waals surface area contributed by atoms with E-state index in [0.717, 1.165) is 4.88 Å². The maximum Gasteiger partial charge on any atom is 0.341 e. The predicted molar refractivity (Wildman–Crippen MR) is 79.1 cm³/mol. The summed E-state index contributed by atoms with van der Waals surface area (Å²) in [6.07, 6.45) is 2.46. The maximum atomic E-state index is 12.2. The number of rotatable bonds is 5. The normalized spacial score (nSPS) is 11.4. The molecule has 0 aliphatic rings. The van der Waals surface area contributed by atoms with Crippen molar-refractivity contribution in [1.29, 1.82) is 0 Å². The number of aromatic nitrogens is 2. The summed E-state index contributed by atoms with van der Waals surface area (Å²) >= 11 is 1.20. The summed E-state index contributed by atoms with van der Waals surface area (Å²) in [5, 5.41) is 6.30. The number of hydrogen-bond donors (Lipinski definition) is 2. The van der Waals surface area contributed by atoms with Crippen molar-refractivity contribution in [3.05, 3.63) is 28.4 Å². The van der Waals surface area contributed by atoms with Gasteiger partial charge in [-0.1, -0.05) is 0 Å². The molecule has 0 aliphatic carbocycles. The summed E-state index contributed by atoms with van der Waals surface area (Å²) < 4.78 is 31.8. The molecular formula is C12H15N3O4S2. The standard InChI is InChI=1S/C12H15N3O4S2/c1-4-19-12(16)10-7(2)8(3)20-11(10)15-21(17,18)9-5-13-14-6-9/h5-6,15H,4H2,1-3H3,(H,13,14). The van der Waals surface area contributed by atoms with E-state index in [1.165, 1.54) is 23.7 Å². The van der Waals surface area contributed by atoms with Gasteiger partial charge in [0.25, 0.3) is 10.0 Å². The number of nitrogens with zero attached hydrogens (tertiary/aromatic N) is 1. The Morgan fingerprint density at radius 1 is 1.48 bits per heavy atom. The fourth-order valence-electron chi connectivity index (χ4n) is 1.71. The predicted octanol–water partition coefficient (Wildman–Crippen LogP) is 2.07. The second-order valence-corrected chi connectivity index (χ2v) is 7.15. The average Bonchev–Trinajstić information content (AvgIpc) is 3.00. The van der Waals surface area contributed by atoms with Gasteiger partial charge in [-0.25, -0.2) is 13.2 Å². The lowest BCUT2D eigenvalue weighted by atomic mass is 10.2. The van der Waals surface area contributed by atoms with Crippen molar-refractivity contribution in [2.24, 2.45) is 0 Å². The molecule has 0 amide bonds. The van der Waals surface area contributed by atoms with Gasteiger partial charge in [-0.2, -0.15) is 5.10 Å². The van der Waals surface area contributed by atoms with Crippen LogP contribution in [0.15, 0.2) is 17.3 Å². The van der Waals surface area contributed by atoms with Gasteiger partial charge in [0.2, 0.25) is 0 Å². The Labute approximate surface area is 126 Å². The Hall–Kier alpha value is -1.87. The molecule has 9 heteroatoms. The molecule has 2 aromatic rings. The van der Waals surface area contributed by atoms with E-state index in [-0.39, 0.29) is 22.1 Å². The number of thiophene rings is 1. The van der Waals surface area contributed by atoms with Crippen molar-refractivity contribution in [3.8, 4) is 0 Å². The molecule has 0 atom stereocenters. The Kier molecular flexibility index (Phi) is 4.33. The van der Waals surface area contributed by atoms with E-state index in [9.17, 15) is 13.2 Å². The largest absolute Gasteiger partial charge is 0.462 e. The smallest absolute Gasteiger partial charge is 0.341 e. The number of anilines is 1. The van der Waals surface area contributed by atoms with Crippen LogP contribution in [0.1, 0.15) is 27.7 Å². The van der Waals surface area contributed by atoms with Crippen molar-refractivity contribution in [2.75, 3.05) is 11.3 Å². The van der Waals surface area contributed by atoms with E-state index >= 15 is 0 Å². The first-order valence-electron chi connectivity index (χ1n) is 6.15. The van der Waals surface area contributed by atoms with Crippen LogP contribution in [0.2, 0.25) is 0 Å². The number of carbonyl (C=O) groups excluding carboxylic acids is 1. The minimum atomic E-state index is -3.79. The molecular weight excluding hydrogens is 314 g/mol. The molecule has 0 radical (unpaired) electrons. The van der Waals surface area contributed by atoms with Crippen LogP contribution in [0.3, 0.4) is 0 Å². The molecule has 21 heavy (non-hydrogen) atoms. The van der Waals surface area contributed by atoms with Gasteiger partial charge in [0.1, 0.15) is 9.90 Å². The van der Waals surface area contributed by atoms with Gasteiger partial charge < -0.3 is 4.74 Å². The molecule has 7 nitrogen and oxygen atoms in total. The fourth-order valence-corrected chi connectivity index (χ4v) is 3.97. The van der Waals surface area contributed by atoms with Gasteiger partial charge >= 0.3 is 5.97 Å². The summed E-state index contributed by atoms with van der Waals surface area (Å²) in [4.78, 5) is 12.9. The molecule has 0 aliphatic heterocycles. The van der Waals surface area contributed by atoms with Crippen molar-refractivity contribution in [1.82, 2.24) is 10.2 Å². The van der Waals surface area contributed by atoms with E-state index < -0.39 is 16.0 Å². The van der Waals surface area contributed by atoms with E-state index in [2.05, 4.69) is 14.9 Å². The molecule has 0 spiro atoms. The molecule has 2 rings (SSSR count). The van der Waals surface area contributed by atoms with E-state index in [0.29, 0.717) is 5.56 Å². The second kappa shape index (κ2) is 5.86. The summed E-state index contributed by atoms with van der Waals surface area (Å²) in [7, 11) is -3.79. The van der Waals surface area contributed by atoms with Crippen molar-refractivity contribution in [3.63, 3.8) is 0 Å². The molecule has 0 bridgehead atoms. The molecule has 114 valence electrons. The topological polar surface area (TPSA) is 101 Å². The SMILES string of the molecule is CCOC(=O)c1c(NS(=O)(=O)c2cn[nH]c2)sc(C)c1C. The zero-order valence-electron chi connectivity index (χ0n) is 11.8. The zero-order valence-corrected chi connectivity index (χ0v) is 13.4. The lowest BCUT2D eigenvalue weighted by molar-refractivity contribution is 0.0527. The van der Waals surface area contributed by atoms with Crippen LogP contribution in [-0.4, -0.2) is 31.2 Å². The van der Waals surface area contributed by atoms with E-state index in [4.69, 9.17) is 4.74 Å². The minimum absolute atomic E-state index is 0.000940. The maximum absolute atomic E-state index is 12.2. The highest BCUT2D eigenvalue weighted by atomic mass is 32.2. The Bertz CT molecular complexity index is 748. The highest BCUT2D eigenvalue weighted by Crippen LogP contribution is 2.34. The second-order valence-electron chi connectivity index (χ2n) is 4.25. The third kappa shape index (κ3) is 3.08. The third-order valence-electron chi connectivity index (χ3n) is 2.88. The van der Waals surface area contributed by atoms with Gasteiger partial charge in [0, 0.05) is 11.1 Å². The Morgan fingerprint density at radius 2 is 2.19 bits per heavy atom. The van der Waals surface area contributed by atoms with Crippen LogP contribution >= 0.6 is 11.3 Å². The first-order valence-corrected chi connectivity index (χ1v) is 8.45. The summed E-state index contributed by atoms with van der Waals surface area (Å²) in [6, 6.07) is 0. The van der Waals surface area contributed by atoms with Gasteiger partial charge in [0.15, 0.2) is 0 Å². The summed E-state index contributed by atoms with van der Waals surface area (Å²) in [5.41, 5.74) is 0.967. The van der Waals surface area contributed by atoms with Crippen LogP contribution in [-0.2, 0) is 14.8 Å². The molecule has 0 unspecified atom stereocenters. The molecule has 0 fully saturated rings. The van der Waals surface area contributed by atoms with Gasteiger partial charge in [-0.3, -0.25) is 9.82 Å². The van der Waals surface area contributed by atoms with Gasteiger partial charge in [0.05, 0.1) is 18.4 Å². The highest BCUT2D eigenvalue weighted by molar-refractivity contribution is 7.93. The molecule has 0 saturated heterocycles. The monoisotopic (exact) mass is 329 g/mol. The Balaban J connectivity index is 2.41. The molecule has 0 aromatic carbocycles. The van der Waals surface area contributed by atoms with Gasteiger partial charge in [-0.15, -0.1) is 11.3 Å². The van der Waals surface area contributed by atoms with Gasteiger partial charge in [-0.05, 0) is 26.3 Å². The Morgan fingerprint density at radius 3 is 2.76 bits per heavy atom. The van der Waals surface area contributed by atoms with Crippen molar-refractivity contribution in [2.45, 2.75) is 25.7 Å². The number of ether oxygens (including phenoxy) is 1. The molecule has 2 heterocycles. The molecule has 2 N–H and O–H groups in total. The van der Waals surface area contributed by atoms with E-state index in [1.54, 1.807) is 13.8 Å². The quantitative estimate of drug-likeness (QED) is 0.818. The van der Waals surface area contributed by atoms with Crippen molar-refractivity contribution >= 4 is 32.3 Å². The third-order valence-corrected chi connectivity index (χ3v) is 5.44. The fraction of sp³-hybridized carbons (Fsp3) is 0.333. The van der Waals surface area contributed by atoms with Crippen LogP contribution in [0.25, 0.3) is 0 Å². The molecule has 0 saturated carbocycles. The minimum Gasteiger partial charge on any atom is -0.462 e. The lowest BCUT2D eigenvalue weighted by Crippen LogP contribution is -2.15. The average molecular weight is 329 g/mol. The number of nitrogens with one attached hydrogen (secondary N) is 2. The van der Waals surface area contributed by atoms with Crippen LogP contribution < -0.4 is 4.72 Å². The number of aromatic amines is 1. The molecule has 2 aromatic heterocycles. The lowest BCUT2D eigenvalue weighted by Gasteiger charge is -2.07. The summed E-state index contributed by atoms with van der Waals surface area (Å²) in [6.45, 7) is 5.50. The van der Waals surface area contributed by atoms with E-state index in [1.807, 2.05) is 6.92 Å². The van der Waals surface area contributed by atoms with Crippen LogP contribution in [0, 0.1) is 13.8 Å². The number of hydrogen-bond acceptors (Lipinski definition) is 6. The highest BCUT2D eigenvalue weighted by Gasteiger charge is 2.25. The summed E-state index contributed by atoms with van der Waals surface area (Å²) in [5.74, 6) is -0.538. The van der Waals surface area contributed by atoms with Crippen molar-refractivity contribution < 1.29 is 17.9 Å². The number of carbonyl (C=O) groups is 1. The first kappa shape index (κ1) is 15.5. The zero-order chi connectivity index (χ0) is 15.6.